The van der Waals surface area contributed by atoms with Crippen molar-refractivity contribution < 1.29 is 13.9 Å². The van der Waals surface area contributed by atoms with E-state index in [0.717, 1.165) is 29.6 Å². The summed E-state index contributed by atoms with van der Waals surface area (Å²) in [5, 5.41) is 0.860. The van der Waals surface area contributed by atoms with Crippen molar-refractivity contribution in [3.05, 3.63) is 35.6 Å². The van der Waals surface area contributed by atoms with Crippen LogP contribution in [0.5, 0.6) is 0 Å². The van der Waals surface area contributed by atoms with E-state index >= 15 is 0 Å². The number of nitrogens with zero attached hydrogens (tertiary/aromatic N) is 3. The number of methoxy groups -OCH3 is 1. The number of hydrogen-bond acceptors (Lipinski definition) is 4. The topological polar surface area (TPSA) is 45.7 Å². The minimum atomic E-state index is -0.307. The zero-order valence-electron chi connectivity index (χ0n) is 17.0. The molecule has 0 fully saturated rings. The third kappa shape index (κ3) is 5.16. The van der Waals surface area contributed by atoms with Gasteiger partial charge >= 0.3 is 0 Å². The van der Waals surface area contributed by atoms with Crippen molar-refractivity contribution >= 4 is 22.6 Å². The van der Waals surface area contributed by atoms with Crippen molar-refractivity contribution in [2.75, 3.05) is 39.3 Å². The quantitative estimate of drug-likeness (QED) is 0.668. The molecule has 1 aromatic carbocycles. The molecule has 148 valence electrons. The number of benzene rings is 1. The molecule has 5 nitrogen and oxygen atoms in total. The van der Waals surface area contributed by atoms with Crippen LogP contribution in [0.3, 0.4) is 0 Å². The summed E-state index contributed by atoms with van der Waals surface area (Å²) in [6.45, 7) is 5.54. The standard InChI is InChI=1S/C21H30FN3O2/c1-6-15(7-2)21(26)25(10-11-27-5)14-17-12-16-8-9-18(22)13-19(16)23-20(17)24(3)4/h8-9,12-13,15H,6-7,10-11,14H2,1-5H3. The molecule has 6 heteroatoms. The molecule has 2 aromatic rings. The first-order valence-corrected chi connectivity index (χ1v) is 9.45. The fraction of sp³-hybridized carbons (Fsp3) is 0.524. The van der Waals surface area contributed by atoms with Crippen molar-refractivity contribution in [3.8, 4) is 0 Å². The molecule has 2 rings (SSSR count). The lowest BCUT2D eigenvalue weighted by atomic mass is 10.0. The Hall–Kier alpha value is -2.21. The van der Waals surface area contributed by atoms with Gasteiger partial charge in [0.05, 0.1) is 12.1 Å². The minimum absolute atomic E-state index is 0.00664. The molecular weight excluding hydrogens is 345 g/mol. The summed E-state index contributed by atoms with van der Waals surface area (Å²) < 4.78 is 18.8. The molecule has 0 bridgehead atoms. The van der Waals surface area contributed by atoms with E-state index in [1.165, 1.54) is 12.1 Å². The first kappa shape index (κ1) is 21.1. The number of carbonyl (C=O) groups excluding carboxylic acids is 1. The number of anilines is 1. The van der Waals surface area contributed by atoms with Gasteiger partial charge in [-0.2, -0.15) is 0 Å². The van der Waals surface area contributed by atoms with Crippen LogP contribution in [0.15, 0.2) is 24.3 Å². The van der Waals surface area contributed by atoms with Gasteiger partial charge in [0, 0.05) is 57.2 Å². The van der Waals surface area contributed by atoms with Gasteiger partial charge in [-0.15, -0.1) is 0 Å². The Balaban J connectivity index is 2.42. The molecule has 0 saturated carbocycles. The Labute approximate surface area is 161 Å². The summed E-state index contributed by atoms with van der Waals surface area (Å²) in [5.41, 5.74) is 1.55. The molecule has 0 aliphatic carbocycles. The number of carbonyl (C=O) groups is 1. The normalized spacial score (nSPS) is 11.2. The Morgan fingerprint density at radius 1 is 1.22 bits per heavy atom. The predicted octanol–water partition coefficient (Wildman–Crippen LogP) is 3.85. The molecule has 0 aliphatic rings. The highest BCUT2D eigenvalue weighted by Crippen LogP contribution is 2.25. The van der Waals surface area contributed by atoms with Crippen LogP contribution in [-0.2, 0) is 16.1 Å². The molecular formula is C21H30FN3O2. The van der Waals surface area contributed by atoms with Gasteiger partial charge in [-0.05, 0) is 31.0 Å². The maximum atomic E-state index is 13.6. The van der Waals surface area contributed by atoms with Crippen LogP contribution >= 0.6 is 0 Å². The van der Waals surface area contributed by atoms with E-state index in [1.54, 1.807) is 13.2 Å². The average molecular weight is 375 g/mol. The molecule has 0 unspecified atom stereocenters. The highest BCUT2D eigenvalue weighted by molar-refractivity contribution is 5.83. The average Bonchev–Trinajstić information content (AvgIpc) is 2.65. The smallest absolute Gasteiger partial charge is 0.226 e. The molecule has 0 radical (unpaired) electrons. The van der Waals surface area contributed by atoms with Gasteiger partial charge in [-0.25, -0.2) is 9.37 Å². The zero-order valence-corrected chi connectivity index (χ0v) is 17.0. The molecule has 1 amide bonds. The molecule has 0 saturated heterocycles. The summed E-state index contributed by atoms with van der Waals surface area (Å²) in [6, 6.07) is 6.59. The fourth-order valence-corrected chi connectivity index (χ4v) is 3.25. The van der Waals surface area contributed by atoms with Crippen molar-refractivity contribution in [2.45, 2.75) is 33.2 Å². The lowest BCUT2D eigenvalue weighted by molar-refractivity contribution is -0.137. The Bertz CT molecular complexity index is 775. The zero-order chi connectivity index (χ0) is 20.0. The fourth-order valence-electron chi connectivity index (χ4n) is 3.25. The number of hydrogen-bond donors (Lipinski definition) is 0. The number of amides is 1. The molecule has 0 N–H and O–H groups in total. The van der Waals surface area contributed by atoms with Crippen LogP contribution in [0, 0.1) is 11.7 Å². The first-order valence-electron chi connectivity index (χ1n) is 9.45. The lowest BCUT2D eigenvalue weighted by Crippen LogP contribution is -2.38. The van der Waals surface area contributed by atoms with Crippen LogP contribution in [0.2, 0.25) is 0 Å². The Morgan fingerprint density at radius 3 is 2.52 bits per heavy atom. The van der Waals surface area contributed by atoms with Crippen LogP contribution < -0.4 is 4.90 Å². The first-order chi connectivity index (χ1) is 12.9. The van der Waals surface area contributed by atoms with Crippen LogP contribution in [0.4, 0.5) is 10.2 Å². The van der Waals surface area contributed by atoms with Crippen LogP contribution in [-0.4, -0.2) is 50.1 Å². The van der Waals surface area contributed by atoms with Gasteiger partial charge in [0.1, 0.15) is 11.6 Å². The number of aromatic nitrogens is 1. The number of rotatable bonds is 9. The molecule has 0 atom stereocenters. The number of ether oxygens (including phenoxy) is 1. The highest BCUT2D eigenvalue weighted by atomic mass is 19.1. The van der Waals surface area contributed by atoms with Gasteiger partial charge in [0.2, 0.25) is 5.91 Å². The second-order valence-electron chi connectivity index (χ2n) is 6.97. The molecule has 27 heavy (non-hydrogen) atoms. The molecule has 1 aromatic heterocycles. The summed E-state index contributed by atoms with van der Waals surface area (Å²) in [7, 11) is 5.44. The summed E-state index contributed by atoms with van der Waals surface area (Å²) in [6.07, 6.45) is 1.63. The largest absolute Gasteiger partial charge is 0.383 e. The van der Waals surface area contributed by atoms with E-state index in [2.05, 4.69) is 4.98 Å². The van der Waals surface area contributed by atoms with E-state index in [-0.39, 0.29) is 17.6 Å². The van der Waals surface area contributed by atoms with E-state index in [4.69, 9.17) is 4.74 Å². The van der Waals surface area contributed by atoms with E-state index in [9.17, 15) is 9.18 Å². The minimum Gasteiger partial charge on any atom is -0.383 e. The van der Waals surface area contributed by atoms with Gasteiger partial charge < -0.3 is 14.5 Å². The Morgan fingerprint density at radius 2 is 1.93 bits per heavy atom. The third-order valence-corrected chi connectivity index (χ3v) is 4.83. The van der Waals surface area contributed by atoms with Crippen LogP contribution in [0.1, 0.15) is 32.3 Å². The van der Waals surface area contributed by atoms with Crippen molar-refractivity contribution in [2.24, 2.45) is 5.92 Å². The SMILES string of the molecule is CCC(CC)C(=O)N(CCOC)Cc1cc2ccc(F)cc2nc1N(C)C. The van der Waals surface area contributed by atoms with E-state index in [0.29, 0.717) is 25.2 Å². The van der Waals surface area contributed by atoms with E-state index in [1.807, 2.05) is 43.8 Å². The third-order valence-electron chi connectivity index (χ3n) is 4.83. The highest BCUT2D eigenvalue weighted by Gasteiger charge is 2.23. The number of fused-ring (bicyclic) bond motifs is 1. The van der Waals surface area contributed by atoms with Crippen LogP contribution in [0.25, 0.3) is 10.9 Å². The maximum Gasteiger partial charge on any atom is 0.226 e. The lowest BCUT2D eigenvalue weighted by Gasteiger charge is -2.28. The van der Waals surface area contributed by atoms with Gasteiger partial charge in [0.15, 0.2) is 0 Å². The summed E-state index contributed by atoms with van der Waals surface area (Å²) in [5.74, 6) is 0.582. The number of pyridine rings is 1. The van der Waals surface area contributed by atoms with E-state index < -0.39 is 0 Å². The van der Waals surface area contributed by atoms with Gasteiger partial charge in [-0.1, -0.05) is 13.8 Å². The number of halogens is 1. The molecule has 1 heterocycles. The Kier molecular flexibility index (Phi) is 7.54. The van der Waals surface area contributed by atoms with Crippen molar-refractivity contribution in [3.63, 3.8) is 0 Å². The molecule has 0 aliphatic heterocycles. The van der Waals surface area contributed by atoms with Crippen molar-refractivity contribution in [1.29, 1.82) is 0 Å². The predicted molar refractivity (Wildman–Crippen MR) is 107 cm³/mol. The molecule has 0 spiro atoms. The second-order valence-corrected chi connectivity index (χ2v) is 6.97. The monoisotopic (exact) mass is 375 g/mol. The van der Waals surface area contributed by atoms with Gasteiger partial charge in [0.25, 0.3) is 0 Å². The maximum absolute atomic E-state index is 13.6. The summed E-state index contributed by atoms with van der Waals surface area (Å²) >= 11 is 0. The van der Waals surface area contributed by atoms with Gasteiger partial charge in [-0.3, -0.25) is 4.79 Å². The summed E-state index contributed by atoms with van der Waals surface area (Å²) in [4.78, 5) is 21.4. The second kappa shape index (κ2) is 9.65. The van der Waals surface area contributed by atoms with Crippen molar-refractivity contribution in [1.82, 2.24) is 9.88 Å².